The quantitative estimate of drug-likeness (QED) is 0.497. The van der Waals surface area contributed by atoms with E-state index in [4.69, 9.17) is 28.1 Å². The maximum absolute atomic E-state index is 12.0. The van der Waals surface area contributed by atoms with E-state index in [1.54, 1.807) is 0 Å². The predicted molar refractivity (Wildman–Crippen MR) is 103 cm³/mol. The number of rotatable bonds is 6. The molecule has 0 radical (unpaired) electrons. The number of hydrogen-bond acceptors (Lipinski definition) is 7. The molecule has 0 saturated carbocycles. The average Bonchev–Trinajstić information content (AvgIpc) is 2.97. The van der Waals surface area contributed by atoms with Crippen molar-refractivity contribution < 1.29 is 32.9 Å². The van der Waals surface area contributed by atoms with Gasteiger partial charge in [-0.15, -0.1) is 0 Å². The van der Waals surface area contributed by atoms with Gasteiger partial charge in [0, 0.05) is 7.11 Å². The van der Waals surface area contributed by atoms with Crippen LogP contribution in [0.3, 0.4) is 0 Å². The van der Waals surface area contributed by atoms with Crippen LogP contribution < -0.4 is 0 Å². The number of fused-ring (bicyclic) bond motifs is 1. The van der Waals surface area contributed by atoms with E-state index >= 15 is 0 Å². The Bertz CT molecular complexity index is 571. The third-order valence-electron chi connectivity index (χ3n) is 6.03. The van der Waals surface area contributed by atoms with Crippen LogP contribution in [0.4, 0.5) is 0 Å². The summed E-state index contributed by atoms with van der Waals surface area (Å²) in [6.07, 6.45) is -1.08. The van der Waals surface area contributed by atoms with Gasteiger partial charge in [-0.1, -0.05) is 20.8 Å². The lowest BCUT2D eigenvalue weighted by Gasteiger charge is -2.40. The Balaban J connectivity index is 2.32. The summed E-state index contributed by atoms with van der Waals surface area (Å²) in [5.41, 5.74) is -0.821. The SMILES string of the molecule is COC(=O)C[C@]1(OC)O[C@](C)(CO[Si](C)(C)C(C)(C)C)[C@H]2OC(C)(C)O[C@H]21. The number of carbonyl (C=O) groups excluding carboxylic acids is 1. The van der Waals surface area contributed by atoms with Gasteiger partial charge in [-0.2, -0.15) is 0 Å². The van der Waals surface area contributed by atoms with E-state index in [2.05, 4.69) is 33.9 Å². The average molecular weight is 405 g/mol. The molecular weight excluding hydrogens is 368 g/mol. The Hall–Kier alpha value is -0.513. The summed E-state index contributed by atoms with van der Waals surface area (Å²) in [5.74, 6) is -2.52. The summed E-state index contributed by atoms with van der Waals surface area (Å²) in [7, 11) is 0.847. The van der Waals surface area contributed by atoms with Crippen molar-refractivity contribution in [2.75, 3.05) is 20.8 Å². The number of methoxy groups -OCH3 is 2. The van der Waals surface area contributed by atoms with Crippen molar-refractivity contribution in [1.82, 2.24) is 0 Å². The highest BCUT2D eigenvalue weighted by Gasteiger charge is 2.69. The Morgan fingerprint density at radius 2 is 1.63 bits per heavy atom. The van der Waals surface area contributed by atoms with Crippen LogP contribution in [0.25, 0.3) is 0 Å². The summed E-state index contributed by atoms with van der Waals surface area (Å²) in [4.78, 5) is 12.0. The standard InChI is InChI=1S/C19H36O7Si/c1-16(2,3)27(9,10)23-12-18(6)14-15(25-17(4,5)24-14)19(22-8,26-18)11-13(20)21-7/h14-15H,11-12H2,1-10H3/t14-,15+,18+,19-/m0/s1. The van der Waals surface area contributed by atoms with Crippen LogP contribution in [-0.4, -0.2) is 64.5 Å². The second-order valence-electron chi connectivity index (χ2n) is 9.71. The fourth-order valence-electron chi connectivity index (χ4n) is 3.33. The van der Waals surface area contributed by atoms with Crippen LogP contribution in [-0.2, 0) is 32.9 Å². The second-order valence-corrected chi connectivity index (χ2v) is 14.5. The van der Waals surface area contributed by atoms with Crippen molar-refractivity contribution in [2.45, 2.75) is 95.5 Å². The third-order valence-corrected chi connectivity index (χ3v) is 10.5. The molecule has 2 aliphatic rings. The lowest BCUT2D eigenvalue weighted by Crippen LogP contribution is -2.50. The molecule has 2 heterocycles. The molecule has 0 amide bonds. The maximum Gasteiger partial charge on any atom is 0.311 e. The molecule has 4 atom stereocenters. The van der Waals surface area contributed by atoms with Crippen molar-refractivity contribution in [2.24, 2.45) is 0 Å². The fraction of sp³-hybridized carbons (Fsp3) is 0.947. The van der Waals surface area contributed by atoms with Crippen LogP contribution in [0.15, 0.2) is 0 Å². The first-order valence-electron chi connectivity index (χ1n) is 9.43. The molecule has 7 nitrogen and oxygen atoms in total. The Morgan fingerprint density at radius 3 is 2.11 bits per heavy atom. The van der Waals surface area contributed by atoms with E-state index < -0.39 is 43.7 Å². The summed E-state index contributed by atoms with van der Waals surface area (Å²) in [6.45, 7) is 16.9. The highest BCUT2D eigenvalue weighted by Crippen LogP contribution is 2.51. The minimum Gasteiger partial charge on any atom is -0.469 e. The summed E-state index contributed by atoms with van der Waals surface area (Å²) in [5, 5.41) is 0.0675. The van der Waals surface area contributed by atoms with E-state index in [0.717, 1.165) is 0 Å². The number of carbonyl (C=O) groups is 1. The predicted octanol–water partition coefficient (Wildman–Crippen LogP) is 3.22. The number of ether oxygens (including phenoxy) is 5. The van der Waals surface area contributed by atoms with Crippen LogP contribution in [0, 0.1) is 0 Å². The van der Waals surface area contributed by atoms with Crippen LogP contribution >= 0.6 is 0 Å². The molecule has 0 unspecified atom stereocenters. The molecule has 0 aromatic rings. The first kappa shape index (κ1) is 22.8. The minimum absolute atomic E-state index is 0.0675. The molecule has 0 bridgehead atoms. The molecular formula is C19H36O7Si. The highest BCUT2D eigenvalue weighted by atomic mass is 28.4. The van der Waals surface area contributed by atoms with Gasteiger partial charge >= 0.3 is 5.97 Å². The van der Waals surface area contributed by atoms with Gasteiger partial charge in [0.1, 0.15) is 24.2 Å². The van der Waals surface area contributed by atoms with E-state index in [1.807, 2.05) is 20.8 Å². The zero-order valence-electron chi connectivity index (χ0n) is 18.4. The van der Waals surface area contributed by atoms with Gasteiger partial charge in [-0.3, -0.25) is 4.79 Å². The van der Waals surface area contributed by atoms with Crippen LogP contribution in [0.2, 0.25) is 18.1 Å². The van der Waals surface area contributed by atoms with Crippen molar-refractivity contribution >= 4 is 14.3 Å². The van der Waals surface area contributed by atoms with E-state index in [0.29, 0.717) is 6.61 Å². The second kappa shape index (κ2) is 7.07. The van der Waals surface area contributed by atoms with Gasteiger partial charge in [0.25, 0.3) is 0 Å². The zero-order valence-corrected chi connectivity index (χ0v) is 19.4. The first-order chi connectivity index (χ1) is 12.1. The molecule has 2 rings (SSSR count). The number of esters is 1. The normalized spacial score (nSPS) is 35.9. The molecule has 0 aromatic carbocycles. The van der Waals surface area contributed by atoms with E-state index in [1.165, 1.54) is 14.2 Å². The topological polar surface area (TPSA) is 72.5 Å². The molecule has 8 heteroatoms. The van der Waals surface area contributed by atoms with Gasteiger partial charge in [-0.05, 0) is 38.9 Å². The maximum atomic E-state index is 12.0. The Kier molecular flexibility index (Phi) is 5.96. The molecule has 0 aromatic heterocycles. The lowest BCUT2D eigenvalue weighted by atomic mass is 9.95. The largest absolute Gasteiger partial charge is 0.469 e. The van der Waals surface area contributed by atoms with Crippen molar-refractivity contribution in [3.8, 4) is 0 Å². The van der Waals surface area contributed by atoms with E-state index in [9.17, 15) is 4.79 Å². The van der Waals surface area contributed by atoms with Crippen molar-refractivity contribution in [3.05, 3.63) is 0 Å². The number of hydrogen-bond donors (Lipinski definition) is 0. The van der Waals surface area contributed by atoms with Crippen LogP contribution in [0.5, 0.6) is 0 Å². The van der Waals surface area contributed by atoms with Crippen molar-refractivity contribution in [3.63, 3.8) is 0 Å². The molecule has 158 valence electrons. The Morgan fingerprint density at radius 1 is 1.07 bits per heavy atom. The molecule has 2 saturated heterocycles. The van der Waals surface area contributed by atoms with Crippen molar-refractivity contribution in [1.29, 1.82) is 0 Å². The van der Waals surface area contributed by atoms with Gasteiger partial charge in [0.2, 0.25) is 5.79 Å². The highest BCUT2D eigenvalue weighted by molar-refractivity contribution is 6.74. The molecule has 0 N–H and O–H groups in total. The minimum atomic E-state index is -2.00. The van der Waals surface area contributed by atoms with Gasteiger partial charge in [-0.25, -0.2) is 0 Å². The molecule has 0 aliphatic carbocycles. The molecule has 0 spiro atoms. The van der Waals surface area contributed by atoms with E-state index in [-0.39, 0.29) is 11.5 Å². The summed E-state index contributed by atoms with van der Waals surface area (Å²) >= 11 is 0. The Labute approximate surface area is 164 Å². The molecule has 27 heavy (non-hydrogen) atoms. The van der Waals surface area contributed by atoms with Crippen LogP contribution in [0.1, 0.15) is 48.0 Å². The summed E-state index contributed by atoms with van der Waals surface area (Å²) < 4.78 is 35.6. The third kappa shape index (κ3) is 4.25. The fourth-order valence-corrected chi connectivity index (χ4v) is 4.41. The van der Waals surface area contributed by atoms with Gasteiger partial charge in [0.05, 0.1) is 13.7 Å². The van der Waals surface area contributed by atoms with Gasteiger partial charge in [0.15, 0.2) is 14.1 Å². The molecule has 2 fully saturated rings. The monoisotopic (exact) mass is 404 g/mol. The first-order valence-corrected chi connectivity index (χ1v) is 12.3. The zero-order chi connectivity index (χ0) is 20.9. The molecule has 2 aliphatic heterocycles. The lowest BCUT2D eigenvalue weighted by molar-refractivity contribution is -0.306. The van der Waals surface area contributed by atoms with Gasteiger partial charge < -0.3 is 28.1 Å². The summed E-state index contributed by atoms with van der Waals surface area (Å²) in [6, 6.07) is 0. The smallest absolute Gasteiger partial charge is 0.311 e.